The van der Waals surface area contributed by atoms with E-state index in [2.05, 4.69) is 41.6 Å². The second-order valence-electron chi connectivity index (χ2n) is 5.18. The summed E-state index contributed by atoms with van der Waals surface area (Å²) in [4.78, 5) is 14.2. The molecule has 0 aromatic carbocycles. The molecule has 1 fully saturated rings. The lowest BCUT2D eigenvalue weighted by Gasteiger charge is -2.25. The minimum atomic E-state index is -0.00863. The van der Waals surface area contributed by atoms with Crippen LogP contribution in [0.3, 0.4) is 0 Å². The largest absolute Gasteiger partial charge is 0.342 e. The fourth-order valence-electron chi connectivity index (χ4n) is 2.25. The molecule has 1 heterocycles. The van der Waals surface area contributed by atoms with E-state index in [1.165, 1.54) is 25.7 Å². The summed E-state index contributed by atoms with van der Waals surface area (Å²) in [6, 6.07) is 0. The van der Waals surface area contributed by atoms with Gasteiger partial charge in [0.1, 0.15) is 0 Å². The van der Waals surface area contributed by atoms with Crippen molar-refractivity contribution in [3.63, 3.8) is 0 Å². The molecule has 1 aliphatic rings. The Bertz CT molecular complexity index is 230. The van der Waals surface area contributed by atoms with E-state index in [1.54, 1.807) is 0 Å². The SMILES string of the molecule is CCC1CCCN(C(=O)C(Br)C(C)C)CC1. The van der Waals surface area contributed by atoms with Gasteiger partial charge in [0.25, 0.3) is 0 Å². The van der Waals surface area contributed by atoms with Crippen LogP contribution in [-0.4, -0.2) is 28.7 Å². The van der Waals surface area contributed by atoms with Crippen molar-refractivity contribution in [2.24, 2.45) is 11.8 Å². The van der Waals surface area contributed by atoms with Gasteiger partial charge >= 0.3 is 0 Å². The van der Waals surface area contributed by atoms with Crippen LogP contribution in [0.2, 0.25) is 0 Å². The molecule has 16 heavy (non-hydrogen) atoms. The lowest BCUT2D eigenvalue weighted by molar-refractivity contribution is -0.131. The van der Waals surface area contributed by atoms with Crippen LogP contribution in [0.5, 0.6) is 0 Å². The molecule has 3 heteroatoms. The first kappa shape index (κ1) is 14.0. The van der Waals surface area contributed by atoms with E-state index in [1.807, 2.05) is 0 Å². The van der Waals surface area contributed by atoms with Crippen molar-refractivity contribution in [3.05, 3.63) is 0 Å². The lowest BCUT2D eigenvalue weighted by Crippen LogP contribution is -2.39. The first-order valence-corrected chi connectivity index (χ1v) is 7.40. The van der Waals surface area contributed by atoms with Gasteiger partial charge in [-0.15, -0.1) is 0 Å². The predicted molar refractivity (Wildman–Crippen MR) is 71.8 cm³/mol. The lowest BCUT2D eigenvalue weighted by atomic mass is 9.98. The van der Waals surface area contributed by atoms with Crippen LogP contribution in [0, 0.1) is 11.8 Å². The second-order valence-corrected chi connectivity index (χ2v) is 6.16. The number of rotatable bonds is 3. The summed E-state index contributed by atoms with van der Waals surface area (Å²) in [5.41, 5.74) is 0. The highest BCUT2D eigenvalue weighted by molar-refractivity contribution is 9.10. The van der Waals surface area contributed by atoms with Crippen molar-refractivity contribution in [2.75, 3.05) is 13.1 Å². The van der Waals surface area contributed by atoms with Gasteiger partial charge in [-0.3, -0.25) is 4.79 Å². The summed E-state index contributed by atoms with van der Waals surface area (Å²) in [7, 11) is 0. The van der Waals surface area contributed by atoms with Crippen LogP contribution in [0.15, 0.2) is 0 Å². The number of halogens is 1. The quantitative estimate of drug-likeness (QED) is 0.729. The molecule has 1 aliphatic heterocycles. The van der Waals surface area contributed by atoms with Crippen LogP contribution in [-0.2, 0) is 4.79 Å². The average molecular weight is 290 g/mol. The normalized spacial score (nSPS) is 24.3. The number of likely N-dealkylation sites (tertiary alicyclic amines) is 1. The molecular weight excluding hydrogens is 266 g/mol. The van der Waals surface area contributed by atoms with Crippen LogP contribution in [0.25, 0.3) is 0 Å². The van der Waals surface area contributed by atoms with Crippen molar-refractivity contribution in [1.29, 1.82) is 0 Å². The Balaban J connectivity index is 2.51. The molecule has 94 valence electrons. The molecule has 1 saturated heterocycles. The Hall–Kier alpha value is -0.0500. The molecule has 0 spiro atoms. The Morgan fingerprint density at radius 3 is 2.62 bits per heavy atom. The third-order valence-corrected chi connectivity index (χ3v) is 5.01. The number of hydrogen-bond acceptors (Lipinski definition) is 1. The van der Waals surface area contributed by atoms with Gasteiger partial charge in [0.15, 0.2) is 0 Å². The third kappa shape index (κ3) is 3.76. The maximum Gasteiger partial charge on any atom is 0.236 e. The third-order valence-electron chi connectivity index (χ3n) is 3.56. The molecule has 0 N–H and O–H groups in total. The second kappa shape index (κ2) is 6.63. The van der Waals surface area contributed by atoms with E-state index in [9.17, 15) is 4.79 Å². The smallest absolute Gasteiger partial charge is 0.236 e. The Kier molecular flexibility index (Phi) is 5.81. The Labute approximate surface area is 108 Å². The highest BCUT2D eigenvalue weighted by atomic mass is 79.9. The maximum absolute atomic E-state index is 12.2. The molecular formula is C13H24BrNO. The van der Waals surface area contributed by atoms with Gasteiger partial charge in [-0.25, -0.2) is 0 Å². The summed E-state index contributed by atoms with van der Waals surface area (Å²) in [6.07, 6.45) is 4.89. The summed E-state index contributed by atoms with van der Waals surface area (Å²) in [6.45, 7) is 8.33. The molecule has 1 amide bonds. The fourth-order valence-corrected chi connectivity index (χ4v) is 2.54. The van der Waals surface area contributed by atoms with Crippen LogP contribution in [0.4, 0.5) is 0 Å². The van der Waals surface area contributed by atoms with Crippen LogP contribution in [0.1, 0.15) is 46.5 Å². The van der Waals surface area contributed by atoms with E-state index in [0.717, 1.165) is 19.0 Å². The molecule has 0 aliphatic carbocycles. The predicted octanol–water partition coefficient (Wildman–Crippen LogP) is 3.44. The maximum atomic E-state index is 12.2. The molecule has 2 nitrogen and oxygen atoms in total. The zero-order valence-electron chi connectivity index (χ0n) is 10.7. The van der Waals surface area contributed by atoms with Crippen LogP contribution < -0.4 is 0 Å². The van der Waals surface area contributed by atoms with Gasteiger partial charge in [0.2, 0.25) is 5.91 Å². The van der Waals surface area contributed by atoms with E-state index >= 15 is 0 Å². The average Bonchev–Trinajstić information content (AvgIpc) is 2.51. The Morgan fingerprint density at radius 2 is 2.06 bits per heavy atom. The van der Waals surface area contributed by atoms with Crippen LogP contribution >= 0.6 is 15.9 Å². The summed E-state index contributed by atoms with van der Waals surface area (Å²) < 4.78 is 0. The van der Waals surface area contributed by atoms with E-state index in [0.29, 0.717) is 5.92 Å². The van der Waals surface area contributed by atoms with Crippen molar-refractivity contribution >= 4 is 21.8 Å². The molecule has 2 atom stereocenters. The molecule has 0 radical (unpaired) electrons. The monoisotopic (exact) mass is 289 g/mol. The van der Waals surface area contributed by atoms with Crippen molar-refractivity contribution in [3.8, 4) is 0 Å². The summed E-state index contributed by atoms with van der Waals surface area (Å²) >= 11 is 3.51. The van der Waals surface area contributed by atoms with Crippen molar-refractivity contribution in [1.82, 2.24) is 4.90 Å². The first-order chi connectivity index (χ1) is 7.56. The Morgan fingerprint density at radius 1 is 1.38 bits per heavy atom. The number of amides is 1. The van der Waals surface area contributed by atoms with E-state index in [-0.39, 0.29) is 10.7 Å². The molecule has 0 bridgehead atoms. The number of hydrogen-bond donors (Lipinski definition) is 0. The van der Waals surface area contributed by atoms with E-state index < -0.39 is 0 Å². The summed E-state index contributed by atoms with van der Waals surface area (Å²) in [5, 5.41) is 0. The molecule has 2 unspecified atom stereocenters. The molecule has 0 saturated carbocycles. The van der Waals surface area contributed by atoms with Gasteiger partial charge in [0, 0.05) is 13.1 Å². The molecule has 1 rings (SSSR count). The number of carbonyl (C=O) groups is 1. The fraction of sp³-hybridized carbons (Fsp3) is 0.923. The molecule has 0 aromatic heterocycles. The van der Waals surface area contributed by atoms with Gasteiger partial charge in [0.05, 0.1) is 4.83 Å². The van der Waals surface area contributed by atoms with Gasteiger partial charge in [-0.05, 0) is 31.1 Å². The van der Waals surface area contributed by atoms with Crippen molar-refractivity contribution < 1.29 is 4.79 Å². The van der Waals surface area contributed by atoms with Gasteiger partial charge < -0.3 is 4.90 Å². The highest BCUT2D eigenvalue weighted by Crippen LogP contribution is 2.23. The highest BCUT2D eigenvalue weighted by Gasteiger charge is 2.26. The van der Waals surface area contributed by atoms with E-state index in [4.69, 9.17) is 0 Å². The zero-order chi connectivity index (χ0) is 12.1. The minimum absolute atomic E-state index is 0.00863. The van der Waals surface area contributed by atoms with Gasteiger partial charge in [-0.2, -0.15) is 0 Å². The first-order valence-electron chi connectivity index (χ1n) is 6.49. The summed E-state index contributed by atoms with van der Waals surface area (Å²) in [5.74, 6) is 1.48. The minimum Gasteiger partial charge on any atom is -0.342 e. The number of carbonyl (C=O) groups excluding carboxylic acids is 1. The topological polar surface area (TPSA) is 20.3 Å². The number of nitrogens with zero attached hydrogens (tertiary/aromatic N) is 1. The zero-order valence-corrected chi connectivity index (χ0v) is 12.3. The molecule has 0 aromatic rings. The van der Waals surface area contributed by atoms with Gasteiger partial charge in [-0.1, -0.05) is 43.1 Å². The number of alkyl halides is 1. The standard InChI is InChI=1S/C13H24BrNO/c1-4-11-6-5-8-15(9-7-11)13(16)12(14)10(2)3/h10-12H,4-9H2,1-3H3. The van der Waals surface area contributed by atoms with Crippen molar-refractivity contribution in [2.45, 2.75) is 51.3 Å².